The van der Waals surface area contributed by atoms with Crippen molar-refractivity contribution in [1.29, 1.82) is 0 Å². The molecular weight excluding hydrogens is 404 g/mol. The summed E-state index contributed by atoms with van der Waals surface area (Å²) in [5.41, 5.74) is 1.88. The first-order chi connectivity index (χ1) is 14.4. The summed E-state index contributed by atoms with van der Waals surface area (Å²) in [5.74, 6) is 0.729. The first-order valence-corrected chi connectivity index (χ1v) is 10.9. The quantitative estimate of drug-likeness (QED) is 0.703. The van der Waals surface area contributed by atoms with Gasteiger partial charge in [-0.3, -0.25) is 14.9 Å². The Balaban J connectivity index is 1.32. The van der Waals surface area contributed by atoms with E-state index in [1.807, 2.05) is 24.8 Å². The lowest BCUT2D eigenvalue weighted by atomic mass is 9.97. The van der Waals surface area contributed by atoms with Gasteiger partial charge < -0.3 is 10.2 Å². The number of imide groups is 1. The Morgan fingerprint density at radius 3 is 2.67 bits per heavy atom. The Bertz CT molecular complexity index is 983. The van der Waals surface area contributed by atoms with Crippen LogP contribution in [0.25, 0.3) is 10.6 Å². The first kappa shape index (κ1) is 20.4. The second kappa shape index (κ2) is 8.47. The van der Waals surface area contributed by atoms with Gasteiger partial charge in [-0.05, 0) is 39.2 Å². The third-order valence-electron chi connectivity index (χ3n) is 5.52. The average molecular weight is 429 g/mol. The van der Waals surface area contributed by atoms with Gasteiger partial charge in [-0.1, -0.05) is 0 Å². The van der Waals surface area contributed by atoms with Gasteiger partial charge in [0.15, 0.2) is 0 Å². The molecule has 2 saturated heterocycles. The number of urea groups is 1. The lowest BCUT2D eigenvalue weighted by Crippen LogP contribution is -2.39. The normalized spacial score (nSPS) is 19.7. The number of nitrogens with zero attached hydrogens (tertiary/aromatic N) is 4. The Morgan fingerprint density at radius 1 is 1.23 bits per heavy atom. The number of carbonyl (C=O) groups is 3. The molecule has 4 rings (SSSR count). The zero-order valence-corrected chi connectivity index (χ0v) is 17.8. The molecule has 2 N–H and O–H groups in total. The zero-order valence-electron chi connectivity index (χ0n) is 17.0. The van der Waals surface area contributed by atoms with Crippen LogP contribution in [0.15, 0.2) is 12.3 Å². The maximum atomic E-state index is 12.5. The van der Waals surface area contributed by atoms with E-state index in [9.17, 15) is 14.4 Å². The number of amides is 4. The Kier molecular flexibility index (Phi) is 5.76. The molecule has 30 heavy (non-hydrogen) atoms. The van der Waals surface area contributed by atoms with Crippen LogP contribution in [0, 0.1) is 13.8 Å². The number of aryl methyl sites for hydroxylation is 2. The number of aromatic nitrogens is 3. The van der Waals surface area contributed by atoms with Crippen LogP contribution in [0.4, 0.5) is 4.79 Å². The van der Waals surface area contributed by atoms with Gasteiger partial charge in [0.1, 0.15) is 11.9 Å². The molecule has 0 spiro atoms. The molecule has 4 heterocycles. The monoisotopic (exact) mass is 428 g/mol. The number of nitrogens with one attached hydrogen (secondary N) is 2. The molecule has 9 nitrogen and oxygen atoms in total. The number of rotatable bonds is 5. The molecule has 1 atom stereocenters. The van der Waals surface area contributed by atoms with Crippen LogP contribution in [0.3, 0.4) is 0 Å². The highest BCUT2D eigenvalue weighted by Gasteiger charge is 2.31. The summed E-state index contributed by atoms with van der Waals surface area (Å²) in [7, 11) is 0. The predicted molar refractivity (Wildman–Crippen MR) is 111 cm³/mol. The summed E-state index contributed by atoms with van der Waals surface area (Å²) < 4.78 is 0. The molecule has 2 aliphatic heterocycles. The largest absolute Gasteiger partial charge is 0.343 e. The third-order valence-corrected chi connectivity index (χ3v) is 6.87. The van der Waals surface area contributed by atoms with Gasteiger partial charge in [0.25, 0.3) is 5.91 Å². The van der Waals surface area contributed by atoms with Crippen molar-refractivity contribution in [1.82, 2.24) is 30.5 Å². The highest BCUT2D eigenvalue weighted by atomic mass is 32.1. The fourth-order valence-corrected chi connectivity index (χ4v) is 5.08. The molecule has 158 valence electrons. The molecule has 2 aromatic heterocycles. The molecule has 0 radical (unpaired) electrons. The van der Waals surface area contributed by atoms with Crippen molar-refractivity contribution < 1.29 is 14.4 Å². The lowest BCUT2D eigenvalue weighted by Gasteiger charge is -2.31. The van der Waals surface area contributed by atoms with Crippen LogP contribution < -0.4 is 10.6 Å². The number of likely N-dealkylation sites (tertiary alicyclic amines) is 1. The summed E-state index contributed by atoms with van der Waals surface area (Å²) in [5, 5.41) is 5.81. The van der Waals surface area contributed by atoms with Gasteiger partial charge in [-0.25, -0.2) is 19.7 Å². The first-order valence-electron chi connectivity index (χ1n) is 10.1. The number of piperidine rings is 1. The molecule has 2 aromatic rings. The molecule has 1 unspecified atom stereocenters. The smallest absolute Gasteiger partial charge is 0.322 e. The van der Waals surface area contributed by atoms with Gasteiger partial charge in [0.05, 0.1) is 21.3 Å². The van der Waals surface area contributed by atoms with Crippen molar-refractivity contribution >= 4 is 29.2 Å². The van der Waals surface area contributed by atoms with Crippen molar-refractivity contribution in [2.45, 2.75) is 51.5 Å². The minimum atomic E-state index is -0.610. The van der Waals surface area contributed by atoms with E-state index in [1.165, 1.54) is 0 Å². The topological polar surface area (TPSA) is 117 Å². The van der Waals surface area contributed by atoms with Crippen molar-refractivity contribution in [3.8, 4) is 10.6 Å². The van der Waals surface area contributed by atoms with Crippen LogP contribution in [-0.2, 0) is 9.59 Å². The van der Waals surface area contributed by atoms with Gasteiger partial charge in [0, 0.05) is 31.6 Å². The van der Waals surface area contributed by atoms with E-state index in [0.29, 0.717) is 25.4 Å². The van der Waals surface area contributed by atoms with Gasteiger partial charge in [0.2, 0.25) is 5.91 Å². The SMILES string of the molecule is Cc1nccc(-c2sc(C3CCN(C(=O)CCC4NC(=O)NC4=O)CC3)nc2C)n1. The van der Waals surface area contributed by atoms with Gasteiger partial charge in [-0.2, -0.15) is 0 Å². The molecular formula is C20H24N6O3S. The maximum Gasteiger partial charge on any atom is 0.322 e. The Labute approximate surface area is 178 Å². The number of hydrogen-bond donors (Lipinski definition) is 2. The number of thiazole rings is 1. The van der Waals surface area contributed by atoms with Crippen molar-refractivity contribution in [3.05, 3.63) is 28.8 Å². The molecule has 0 bridgehead atoms. The molecule has 10 heteroatoms. The van der Waals surface area contributed by atoms with E-state index >= 15 is 0 Å². The predicted octanol–water partition coefficient (Wildman–Crippen LogP) is 1.91. The highest BCUT2D eigenvalue weighted by molar-refractivity contribution is 7.15. The van der Waals surface area contributed by atoms with Crippen LogP contribution in [0.1, 0.15) is 48.1 Å². The second-order valence-electron chi connectivity index (χ2n) is 7.66. The standard InChI is InChI=1S/C20H24N6O3S/c1-11-17(14-5-8-21-12(2)23-14)30-19(22-11)13-6-9-26(10-7-13)16(27)4-3-15-18(28)25-20(29)24-15/h5,8,13,15H,3-4,6-7,9-10H2,1-2H3,(H2,24,25,28,29). The maximum absolute atomic E-state index is 12.5. The lowest BCUT2D eigenvalue weighted by molar-refractivity contribution is -0.132. The van der Waals surface area contributed by atoms with Crippen LogP contribution in [-0.4, -0.2) is 56.8 Å². The molecule has 2 aliphatic rings. The number of hydrogen-bond acceptors (Lipinski definition) is 7. The summed E-state index contributed by atoms with van der Waals surface area (Å²) >= 11 is 1.68. The molecule has 0 saturated carbocycles. The van der Waals surface area contributed by atoms with Crippen molar-refractivity contribution in [2.75, 3.05) is 13.1 Å². The van der Waals surface area contributed by atoms with E-state index in [-0.39, 0.29) is 18.2 Å². The summed E-state index contributed by atoms with van der Waals surface area (Å²) in [4.78, 5) is 51.6. The molecule has 0 aromatic carbocycles. The minimum Gasteiger partial charge on any atom is -0.343 e. The Morgan fingerprint density at radius 2 is 2.00 bits per heavy atom. The number of carbonyl (C=O) groups excluding carboxylic acids is 3. The van der Waals surface area contributed by atoms with Gasteiger partial charge >= 0.3 is 6.03 Å². The van der Waals surface area contributed by atoms with Gasteiger partial charge in [-0.15, -0.1) is 11.3 Å². The van der Waals surface area contributed by atoms with Crippen LogP contribution >= 0.6 is 11.3 Å². The summed E-state index contributed by atoms with van der Waals surface area (Å²) in [6.07, 6.45) is 4.06. The minimum absolute atomic E-state index is 0.0230. The fraction of sp³-hybridized carbons (Fsp3) is 0.500. The third kappa shape index (κ3) is 4.33. The van der Waals surface area contributed by atoms with E-state index < -0.39 is 12.1 Å². The van der Waals surface area contributed by atoms with E-state index in [1.54, 1.807) is 17.5 Å². The second-order valence-corrected chi connectivity index (χ2v) is 8.70. The zero-order chi connectivity index (χ0) is 21.3. The van der Waals surface area contributed by atoms with E-state index in [2.05, 4.69) is 20.6 Å². The molecule has 4 amide bonds. The molecule has 0 aliphatic carbocycles. The van der Waals surface area contributed by atoms with Crippen molar-refractivity contribution in [2.24, 2.45) is 0 Å². The fourth-order valence-electron chi connectivity index (χ4n) is 3.88. The molecule has 2 fully saturated rings. The van der Waals surface area contributed by atoms with Crippen molar-refractivity contribution in [3.63, 3.8) is 0 Å². The van der Waals surface area contributed by atoms with Crippen LogP contribution in [0.5, 0.6) is 0 Å². The van der Waals surface area contributed by atoms with E-state index in [4.69, 9.17) is 4.98 Å². The summed E-state index contributed by atoms with van der Waals surface area (Å²) in [6, 6.07) is 0.806. The average Bonchev–Trinajstić information content (AvgIpc) is 3.27. The summed E-state index contributed by atoms with van der Waals surface area (Å²) in [6.45, 7) is 5.23. The Hall–Kier alpha value is -2.88. The van der Waals surface area contributed by atoms with E-state index in [0.717, 1.165) is 39.9 Å². The highest BCUT2D eigenvalue weighted by Crippen LogP contribution is 2.36. The van der Waals surface area contributed by atoms with Crippen LogP contribution in [0.2, 0.25) is 0 Å².